The average Bonchev–Trinajstić information content (AvgIpc) is 3.21. The van der Waals surface area contributed by atoms with Gasteiger partial charge in [0, 0.05) is 30.6 Å². The molecule has 0 saturated carbocycles. The molecule has 2 heterocycles. The first-order valence-electron chi connectivity index (χ1n) is 8.20. The van der Waals surface area contributed by atoms with Crippen LogP contribution in [0.3, 0.4) is 0 Å². The molecule has 0 aliphatic carbocycles. The zero-order valence-corrected chi connectivity index (χ0v) is 15.0. The summed E-state index contributed by atoms with van der Waals surface area (Å²) in [7, 11) is 1.56. The van der Waals surface area contributed by atoms with Crippen molar-refractivity contribution in [3.8, 4) is 10.6 Å². The number of carbonyl (C=O) groups is 2. The summed E-state index contributed by atoms with van der Waals surface area (Å²) in [6, 6.07) is 5.77. The highest BCUT2D eigenvalue weighted by Crippen LogP contribution is 2.26. The number of carboxylic acid groups (broad SMARTS) is 1. The van der Waals surface area contributed by atoms with Crippen molar-refractivity contribution >= 4 is 23.2 Å². The van der Waals surface area contributed by atoms with Crippen molar-refractivity contribution in [3.63, 3.8) is 0 Å². The third kappa shape index (κ3) is 4.25. The fourth-order valence-electron chi connectivity index (χ4n) is 3.14. The maximum absolute atomic E-state index is 13.3. The van der Waals surface area contributed by atoms with Crippen LogP contribution in [-0.4, -0.2) is 52.7 Å². The predicted molar refractivity (Wildman–Crippen MR) is 94.4 cm³/mol. The van der Waals surface area contributed by atoms with Gasteiger partial charge in [0.2, 0.25) is 5.91 Å². The number of aromatic nitrogens is 1. The molecule has 1 aliphatic heterocycles. The molecular weight excluding hydrogens is 359 g/mol. The molecule has 6 nitrogen and oxygen atoms in total. The van der Waals surface area contributed by atoms with Crippen LogP contribution in [0.1, 0.15) is 18.5 Å². The Balaban J connectivity index is 1.70. The lowest BCUT2D eigenvalue weighted by molar-refractivity contribution is -0.139. The van der Waals surface area contributed by atoms with Crippen LogP contribution >= 0.6 is 11.3 Å². The van der Waals surface area contributed by atoms with E-state index in [0.29, 0.717) is 29.2 Å². The van der Waals surface area contributed by atoms with E-state index < -0.39 is 5.97 Å². The second-order valence-corrected chi connectivity index (χ2v) is 7.08. The second-order valence-electron chi connectivity index (χ2n) is 6.22. The molecule has 0 radical (unpaired) electrons. The van der Waals surface area contributed by atoms with Crippen LogP contribution in [0.15, 0.2) is 29.6 Å². The Bertz CT molecular complexity index is 810. The number of benzene rings is 1. The number of methoxy groups -OCH3 is 1. The predicted octanol–water partition coefficient (Wildman–Crippen LogP) is 2.58. The molecule has 1 amide bonds. The summed E-state index contributed by atoms with van der Waals surface area (Å²) in [5.74, 6) is -1.45. The van der Waals surface area contributed by atoms with Crippen LogP contribution in [0.5, 0.6) is 0 Å². The highest BCUT2D eigenvalue weighted by atomic mass is 32.1. The number of thiazole rings is 1. The Labute approximate surface area is 154 Å². The van der Waals surface area contributed by atoms with Crippen LogP contribution in [0.25, 0.3) is 10.6 Å². The summed E-state index contributed by atoms with van der Waals surface area (Å²) in [6.07, 6.45) is 0.344. The molecule has 1 N–H and O–H groups in total. The number of carbonyl (C=O) groups excluding carboxylic acids is 1. The van der Waals surface area contributed by atoms with E-state index in [1.165, 1.54) is 23.5 Å². The van der Waals surface area contributed by atoms with Gasteiger partial charge in [0.15, 0.2) is 0 Å². The van der Waals surface area contributed by atoms with Crippen molar-refractivity contribution in [2.75, 3.05) is 13.7 Å². The molecule has 1 aromatic carbocycles. The van der Waals surface area contributed by atoms with Crippen LogP contribution < -0.4 is 0 Å². The largest absolute Gasteiger partial charge is 0.481 e. The molecule has 26 heavy (non-hydrogen) atoms. The van der Waals surface area contributed by atoms with Crippen LogP contribution in [0.4, 0.5) is 4.39 Å². The van der Waals surface area contributed by atoms with Crippen molar-refractivity contribution in [3.05, 3.63) is 41.2 Å². The quantitative estimate of drug-likeness (QED) is 0.836. The highest BCUT2D eigenvalue weighted by molar-refractivity contribution is 7.13. The first kappa shape index (κ1) is 18.5. The fourth-order valence-corrected chi connectivity index (χ4v) is 3.96. The van der Waals surface area contributed by atoms with Crippen molar-refractivity contribution in [1.29, 1.82) is 0 Å². The molecule has 2 unspecified atom stereocenters. The van der Waals surface area contributed by atoms with Crippen LogP contribution in [-0.2, 0) is 20.7 Å². The maximum Gasteiger partial charge on any atom is 0.305 e. The lowest BCUT2D eigenvalue weighted by Crippen LogP contribution is -2.38. The van der Waals surface area contributed by atoms with Gasteiger partial charge in [-0.25, -0.2) is 9.37 Å². The van der Waals surface area contributed by atoms with E-state index >= 15 is 0 Å². The van der Waals surface area contributed by atoms with Crippen molar-refractivity contribution < 1.29 is 23.8 Å². The normalized spacial score (nSPS) is 19.7. The third-order valence-electron chi connectivity index (χ3n) is 4.40. The lowest BCUT2D eigenvalue weighted by Gasteiger charge is -2.22. The van der Waals surface area contributed by atoms with E-state index in [9.17, 15) is 14.0 Å². The Morgan fingerprint density at radius 1 is 1.46 bits per heavy atom. The molecule has 0 spiro atoms. The molecule has 1 fully saturated rings. The maximum atomic E-state index is 13.3. The first-order chi connectivity index (χ1) is 12.5. The zero-order chi connectivity index (χ0) is 18.7. The molecule has 1 aliphatic rings. The first-order valence-corrected chi connectivity index (χ1v) is 9.08. The molecule has 138 valence electrons. The molecule has 1 saturated heterocycles. The SMILES string of the molecule is COC1CC(CC(=O)O)N(C(=O)Cc2csc(-c3cccc(F)c3)n2)C1. The number of likely N-dealkylation sites (tertiary alicyclic amines) is 1. The summed E-state index contributed by atoms with van der Waals surface area (Å²) in [6.45, 7) is 0.383. The van der Waals surface area contributed by atoms with E-state index in [-0.39, 0.29) is 36.7 Å². The Kier molecular flexibility index (Phi) is 5.63. The minimum Gasteiger partial charge on any atom is -0.481 e. The van der Waals surface area contributed by atoms with Gasteiger partial charge in [-0.1, -0.05) is 12.1 Å². The van der Waals surface area contributed by atoms with Gasteiger partial charge < -0.3 is 14.7 Å². The molecule has 3 rings (SSSR count). The number of aliphatic carboxylic acids is 1. The fraction of sp³-hybridized carbons (Fsp3) is 0.389. The molecule has 8 heteroatoms. The molecule has 1 aromatic heterocycles. The van der Waals surface area contributed by atoms with Gasteiger partial charge in [-0.05, 0) is 18.6 Å². The molecule has 0 bridgehead atoms. The smallest absolute Gasteiger partial charge is 0.305 e. The molecular formula is C18H19FN2O4S. The van der Waals surface area contributed by atoms with E-state index in [0.717, 1.165) is 0 Å². The van der Waals surface area contributed by atoms with E-state index in [2.05, 4.69) is 4.98 Å². The number of carboxylic acids is 1. The van der Waals surface area contributed by atoms with E-state index in [1.54, 1.807) is 29.5 Å². The van der Waals surface area contributed by atoms with Crippen molar-refractivity contribution in [2.24, 2.45) is 0 Å². The summed E-state index contributed by atoms with van der Waals surface area (Å²) in [5, 5.41) is 11.5. The Hall–Kier alpha value is -2.32. The summed E-state index contributed by atoms with van der Waals surface area (Å²) in [4.78, 5) is 29.7. The van der Waals surface area contributed by atoms with Gasteiger partial charge in [-0.2, -0.15) is 0 Å². The van der Waals surface area contributed by atoms with E-state index in [4.69, 9.17) is 9.84 Å². The average molecular weight is 378 g/mol. The number of hydrogen-bond acceptors (Lipinski definition) is 5. The molecule has 2 aromatic rings. The van der Waals surface area contributed by atoms with Gasteiger partial charge in [-0.3, -0.25) is 9.59 Å². The number of amides is 1. The number of nitrogens with zero attached hydrogens (tertiary/aromatic N) is 2. The van der Waals surface area contributed by atoms with Crippen molar-refractivity contribution in [1.82, 2.24) is 9.88 Å². The van der Waals surface area contributed by atoms with Crippen LogP contribution in [0.2, 0.25) is 0 Å². The van der Waals surface area contributed by atoms with Crippen molar-refractivity contribution in [2.45, 2.75) is 31.4 Å². The number of ether oxygens (including phenoxy) is 1. The highest BCUT2D eigenvalue weighted by Gasteiger charge is 2.36. The standard InChI is InChI=1S/C18H19FN2O4S/c1-25-15-7-14(8-17(23)24)21(9-15)16(22)6-13-10-26-18(20-13)11-3-2-4-12(19)5-11/h2-5,10,14-15H,6-9H2,1H3,(H,23,24). The Morgan fingerprint density at radius 2 is 2.27 bits per heavy atom. The van der Waals surface area contributed by atoms with Gasteiger partial charge in [0.05, 0.1) is 24.6 Å². The topological polar surface area (TPSA) is 79.7 Å². The number of hydrogen-bond donors (Lipinski definition) is 1. The zero-order valence-electron chi connectivity index (χ0n) is 14.2. The van der Waals surface area contributed by atoms with Gasteiger partial charge in [0.25, 0.3) is 0 Å². The van der Waals surface area contributed by atoms with Crippen LogP contribution in [0, 0.1) is 5.82 Å². The van der Waals surface area contributed by atoms with Gasteiger partial charge in [0.1, 0.15) is 10.8 Å². The summed E-state index contributed by atoms with van der Waals surface area (Å²) < 4.78 is 18.6. The minimum absolute atomic E-state index is 0.0817. The summed E-state index contributed by atoms with van der Waals surface area (Å²) in [5.41, 5.74) is 1.26. The lowest BCUT2D eigenvalue weighted by atomic mass is 10.1. The third-order valence-corrected chi connectivity index (χ3v) is 5.34. The van der Waals surface area contributed by atoms with E-state index in [1.807, 2.05) is 0 Å². The minimum atomic E-state index is -0.938. The monoisotopic (exact) mass is 378 g/mol. The second kappa shape index (κ2) is 7.92. The molecule has 2 atom stereocenters. The summed E-state index contributed by atoms with van der Waals surface area (Å²) >= 11 is 1.35. The Morgan fingerprint density at radius 3 is 2.96 bits per heavy atom. The number of halogens is 1. The number of rotatable bonds is 6. The van der Waals surface area contributed by atoms with Gasteiger partial charge in [-0.15, -0.1) is 11.3 Å². The van der Waals surface area contributed by atoms with Gasteiger partial charge >= 0.3 is 5.97 Å².